The van der Waals surface area contributed by atoms with Gasteiger partial charge in [0.2, 0.25) is 0 Å². The van der Waals surface area contributed by atoms with Crippen LogP contribution in [0.25, 0.3) is 0 Å². The number of hydrogen-bond acceptors (Lipinski definition) is 6. The molecule has 0 rings (SSSR count). The highest BCUT2D eigenvalue weighted by atomic mass is 16.6. The third-order valence-electron chi connectivity index (χ3n) is 11.8. The van der Waals surface area contributed by atoms with E-state index < -0.39 is 6.10 Å². The van der Waals surface area contributed by atoms with Crippen molar-refractivity contribution in [1.82, 2.24) is 0 Å². The zero-order valence-electron chi connectivity index (χ0n) is 44.3. The molecular weight excluding hydrogens is 841 g/mol. The van der Waals surface area contributed by atoms with Crippen LogP contribution in [-0.2, 0) is 28.6 Å². The largest absolute Gasteiger partial charge is 0.462 e. The monoisotopic (exact) mass is 945 g/mol. The molecule has 1 atom stereocenters. The highest BCUT2D eigenvalue weighted by Crippen LogP contribution is 2.14. The minimum absolute atomic E-state index is 0.0894. The Morgan fingerprint density at radius 3 is 0.912 bits per heavy atom. The molecule has 0 N–H and O–H groups in total. The van der Waals surface area contributed by atoms with Gasteiger partial charge in [0.15, 0.2) is 6.10 Å². The Labute approximate surface area is 419 Å². The topological polar surface area (TPSA) is 78.9 Å². The lowest BCUT2D eigenvalue weighted by Gasteiger charge is -2.18. The van der Waals surface area contributed by atoms with Crippen molar-refractivity contribution >= 4 is 17.9 Å². The second-order valence-electron chi connectivity index (χ2n) is 18.5. The molecule has 6 nitrogen and oxygen atoms in total. The molecule has 0 aromatic heterocycles. The first-order chi connectivity index (χ1) is 33.5. The summed E-state index contributed by atoms with van der Waals surface area (Å²) in [6.45, 7) is 6.42. The predicted molar refractivity (Wildman–Crippen MR) is 293 cm³/mol. The summed E-state index contributed by atoms with van der Waals surface area (Å²) in [7, 11) is 0. The Morgan fingerprint density at radius 1 is 0.309 bits per heavy atom. The smallest absolute Gasteiger partial charge is 0.306 e. The van der Waals surface area contributed by atoms with Gasteiger partial charge in [-0.1, -0.05) is 227 Å². The molecule has 0 aliphatic heterocycles. The third kappa shape index (κ3) is 53.3. The molecule has 0 bridgehead atoms. The molecule has 0 radical (unpaired) electrons. The van der Waals surface area contributed by atoms with Gasteiger partial charge in [0.25, 0.3) is 0 Å². The predicted octanol–water partition coefficient (Wildman–Crippen LogP) is 18.9. The van der Waals surface area contributed by atoms with Crippen molar-refractivity contribution in [3.63, 3.8) is 0 Å². The summed E-state index contributed by atoms with van der Waals surface area (Å²) in [5, 5.41) is 0. The van der Waals surface area contributed by atoms with Gasteiger partial charge in [0, 0.05) is 19.3 Å². The van der Waals surface area contributed by atoms with E-state index in [1.54, 1.807) is 0 Å². The number of esters is 3. The zero-order chi connectivity index (χ0) is 49.3. The summed E-state index contributed by atoms with van der Waals surface area (Å²) >= 11 is 0. The molecule has 388 valence electrons. The minimum Gasteiger partial charge on any atom is -0.462 e. The van der Waals surface area contributed by atoms with Gasteiger partial charge < -0.3 is 14.2 Å². The van der Waals surface area contributed by atoms with Crippen molar-refractivity contribution in [2.45, 2.75) is 264 Å². The van der Waals surface area contributed by atoms with Crippen LogP contribution in [0.4, 0.5) is 0 Å². The lowest BCUT2D eigenvalue weighted by molar-refractivity contribution is -0.167. The van der Waals surface area contributed by atoms with Gasteiger partial charge in [-0.2, -0.15) is 0 Å². The van der Waals surface area contributed by atoms with Crippen LogP contribution in [0.2, 0.25) is 0 Å². The van der Waals surface area contributed by atoms with Gasteiger partial charge in [0.05, 0.1) is 0 Å². The van der Waals surface area contributed by atoms with E-state index in [-0.39, 0.29) is 31.1 Å². The van der Waals surface area contributed by atoms with Crippen molar-refractivity contribution in [3.05, 3.63) is 97.2 Å². The SMILES string of the molecule is CC/C=C\C/C=C\C/C=C\C/C=C\C/C=C\CCCCCCCCCCCC(=O)OCC(COC(=O)CCCCCCC/C=C\CCCC)OC(=O)CCCCCCC/C=C\C/C=C\CCCC. The number of rotatable bonds is 50. The molecule has 0 saturated carbocycles. The maximum absolute atomic E-state index is 12.8. The van der Waals surface area contributed by atoms with Crippen molar-refractivity contribution in [3.8, 4) is 0 Å². The second kappa shape index (κ2) is 55.9. The van der Waals surface area contributed by atoms with E-state index in [0.29, 0.717) is 19.3 Å². The highest BCUT2D eigenvalue weighted by molar-refractivity contribution is 5.71. The molecule has 0 aromatic carbocycles. The first-order valence-electron chi connectivity index (χ1n) is 28.2. The van der Waals surface area contributed by atoms with Crippen LogP contribution in [0.15, 0.2) is 97.2 Å². The summed E-state index contributed by atoms with van der Waals surface area (Å²) in [5.74, 6) is -0.918. The van der Waals surface area contributed by atoms with E-state index in [9.17, 15) is 14.4 Å². The number of unbranched alkanes of at least 4 members (excludes halogenated alkanes) is 23. The molecule has 0 aliphatic rings. The fourth-order valence-corrected chi connectivity index (χ4v) is 7.52. The van der Waals surface area contributed by atoms with Gasteiger partial charge in [-0.15, -0.1) is 0 Å². The van der Waals surface area contributed by atoms with E-state index in [1.165, 1.54) is 89.9 Å². The van der Waals surface area contributed by atoms with E-state index >= 15 is 0 Å². The number of allylic oxidation sites excluding steroid dienone is 16. The number of ether oxygens (including phenoxy) is 3. The maximum Gasteiger partial charge on any atom is 0.306 e. The Balaban J connectivity index is 4.31. The van der Waals surface area contributed by atoms with Crippen LogP contribution in [-0.4, -0.2) is 37.2 Å². The maximum atomic E-state index is 12.8. The Bertz CT molecular complexity index is 1360. The first kappa shape index (κ1) is 64.3. The number of carbonyl (C=O) groups is 3. The fourth-order valence-electron chi connectivity index (χ4n) is 7.52. The molecule has 0 saturated heterocycles. The fraction of sp³-hybridized carbons (Fsp3) is 0.694. The summed E-state index contributed by atoms with van der Waals surface area (Å²) < 4.78 is 16.8. The van der Waals surface area contributed by atoms with Crippen LogP contribution in [0.3, 0.4) is 0 Å². The molecule has 0 heterocycles. The van der Waals surface area contributed by atoms with Gasteiger partial charge in [0.1, 0.15) is 13.2 Å². The quantitative estimate of drug-likeness (QED) is 0.0262. The van der Waals surface area contributed by atoms with Crippen LogP contribution < -0.4 is 0 Å². The van der Waals surface area contributed by atoms with E-state index in [1.807, 2.05) is 0 Å². The molecule has 1 unspecified atom stereocenters. The number of hydrogen-bond donors (Lipinski definition) is 0. The normalized spacial score (nSPS) is 12.8. The van der Waals surface area contributed by atoms with Gasteiger partial charge in [-0.25, -0.2) is 0 Å². The highest BCUT2D eigenvalue weighted by Gasteiger charge is 2.19. The lowest BCUT2D eigenvalue weighted by Crippen LogP contribution is -2.30. The third-order valence-corrected chi connectivity index (χ3v) is 11.8. The van der Waals surface area contributed by atoms with Crippen molar-refractivity contribution in [2.24, 2.45) is 0 Å². The summed E-state index contributed by atoms with van der Waals surface area (Å²) in [5.41, 5.74) is 0. The van der Waals surface area contributed by atoms with E-state index in [4.69, 9.17) is 14.2 Å². The molecule has 0 amide bonds. The molecular formula is C62H104O6. The first-order valence-corrected chi connectivity index (χ1v) is 28.2. The molecule has 6 heteroatoms. The minimum atomic E-state index is -0.791. The van der Waals surface area contributed by atoms with Crippen LogP contribution >= 0.6 is 0 Å². The van der Waals surface area contributed by atoms with Gasteiger partial charge in [-0.3, -0.25) is 14.4 Å². The van der Waals surface area contributed by atoms with Crippen molar-refractivity contribution in [2.75, 3.05) is 13.2 Å². The van der Waals surface area contributed by atoms with Crippen molar-refractivity contribution in [1.29, 1.82) is 0 Å². The molecule has 0 aliphatic carbocycles. The lowest BCUT2D eigenvalue weighted by atomic mass is 10.1. The zero-order valence-corrected chi connectivity index (χ0v) is 44.3. The Morgan fingerprint density at radius 2 is 0.574 bits per heavy atom. The van der Waals surface area contributed by atoms with Crippen molar-refractivity contribution < 1.29 is 28.6 Å². The summed E-state index contributed by atoms with van der Waals surface area (Å²) in [6.07, 6.45) is 74.0. The van der Waals surface area contributed by atoms with Crippen LogP contribution in [0.5, 0.6) is 0 Å². The molecule has 0 spiro atoms. The average Bonchev–Trinajstić information content (AvgIpc) is 3.34. The summed E-state index contributed by atoms with van der Waals surface area (Å²) in [4.78, 5) is 38.0. The average molecular weight is 946 g/mol. The number of carbonyl (C=O) groups excluding carboxylic acids is 3. The van der Waals surface area contributed by atoms with E-state index in [0.717, 1.165) is 128 Å². The second-order valence-corrected chi connectivity index (χ2v) is 18.5. The van der Waals surface area contributed by atoms with Gasteiger partial charge >= 0.3 is 17.9 Å². The molecule has 0 fully saturated rings. The van der Waals surface area contributed by atoms with E-state index in [2.05, 4.69) is 118 Å². The van der Waals surface area contributed by atoms with Gasteiger partial charge in [-0.05, 0) is 109 Å². The Kier molecular flexibility index (Phi) is 52.9. The molecule has 0 aromatic rings. The standard InChI is InChI=1S/C62H104O6/c1-4-7-10-13-16-19-22-24-26-27-28-29-30-31-32-33-34-35-36-38-40-43-46-49-52-55-61(64)67-58-59(57-66-60(63)54-51-48-45-42-39-21-18-15-12-9-6-3)68-62(65)56-53-50-47-44-41-37-25-23-20-17-14-11-8-5-2/h7,10,14-19,23-26,28-29,31-32,59H,4-6,8-9,11-13,20-22,27,30,33-58H2,1-3H3/b10-7-,17-14-,18-15-,19-16-,25-23-,26-24-,29-28-,32-31-. The Hall–Kier alpha value is -3.67. The van der Waals surface area contributed by atoms with Crippen LogP contribution in [0.1, 0.15) is 258 Å². The summed E-state index contributed by atoms with van der Waals surface area (Å²) in [6, 6.07) is 0. The van der Waals surface area contributed by atoms with Crippen LogP contribution in [0, 0.1) is 0 Å². The molecule has 68 heavy (non-hydrogen) atoms.